The topological polar surface area (TPSA) is 68.0 Å². The van der Waals surface area contributed by atoms with Gasteiger partial charge in [-0.25, -0.2) is 14.8 Å². The highest BCUT2D eigenvalue weighted by Crippen LogP contribution is 2.41. The molecule has 0 aliphatic heterocycles. The van der Waals surface area contributed by atoms with E-state index in [1.807, 2.05) is 0 Å². The third kappa shape index (κ3) is 2.17. The number of aromatic carboxylic acids is 1. The van der Waals surface area contributed by atoms with E-state index in [2.05, 4.69) is 9.97 Å². The van der Waals surface area contributed by atoms with Crippen molar-refractivity contribution in [3.63, 3.8) is 0 Å². The molecule has 0 atom stereocenters. The van der Waals surface area contributed by atoms with Gasteiger partial charge in [-0.15, -0.1) is 11.3 Å². The lowest BCUT2D eigenvalue weighted by Gasteiger charge is -2.03. The Bertz CT molecular complexity index is 673. The fraction of sp³-hybridized carbons (Fsp3) is 0.364. The molecular formula is C11H8F3N3O2S. The number of carbonyl (C=O) groups is 1. The number of imidazole rings is 1. The molecule has 2 aromatic rings. The third-order valence-corrected chi connectivity index (χ3v) is 3.98. The maximum atomic E-state index is 12.8. The van der Waals surface area contributed by atoms with Gasteiger partial charge in [0.05, 0.1) is 18.2 Å². The summed E-state index contributed by atoms with van der Waals surface area (Å²) in [5.74, 6) is -1.63. The molecule has 0 amide bonds. The van der Waals surface area contributed by atoms with Crippen LogP contribution in [0.15, 0.2) is 12.5 Å². The predicted molar refractivity (Wildman–Crippen MR) is 63.6 cm³/mol. The summed E-state index contributed by atoms with van der Waals surface area (Å²) >= 11 is 0.520. The molecular weight excluding hydrogens is 295 g/mol. The van der Waals surface area contributed by atoms with Crippen molar-refractivity contribution in [1.29, 1.82) is 0 Å². The summed E-state index contributed by atoms with van der Waals surface area (Å²) in [4.78, 5) is 17.5. The van der Waals surface area contributed by atoms with Gasteiger partial charge in [-0.1, -0.05) is 0 Å². The Morgan fingerprint density at radius 2 is 2.15 bits per heavy atom. The Morgan fingerprint density at radius 3 is 2.65 bits per heavy atom. The first kappa shape index (κ1) is 13.1. The molecule has 2 aromatic heterocycles. The van der Waals surface area contributed by atoms with Gasteiger partial charge in [0.1, 0.15) is 9.88 Å². The zero-order valence-electron chi connectivity index (χ0n) is 9.89. The van der Waals surface area contributed by atoms with E-state index in [-0.39, 0.29) is 11.0 Å². The minimum Gasteiger partial charge on any atom is -0.477 e. The zero-order valence-corrected chi connectivity index (χ0v) is 10.7. The standard InChI is InChI=1S/C11H8F3N3O2S/c12-11(13,14)8-7(10(18)19)20-9(16-8)6-3-15-4-17(6)5-1-2-5/h3-5H,1-2H2,(H,18,19). The second-order valence-electron chi connectivity index (χ2n) is 4.42. The second kappa shape index (κ2) is 4.30. The van der Waals surface area contributed by atoms with Crippen LogP contribution in [0.5, 0.6) is 0 Å². The molecule has 0 radical (unpaired) electrons. The second-order valence-corrected chi connectivity index (χ2v) is 5.42. The minimum atomic E-state index is -4.78. The molecule has 5 nitrogen and oxygen atoms in total. The maximum absolute atomic E-state index is 12.8. The molecule has 9 heteroatoms. The lowest BCUT2D eigenvalue weighted by atomic mass is 10.3. The summed E-state index contributed by atoms with van der Waals surface area (Å²) < 4.78 is 40.1. The summed E-state index contributed by atoms with van der Waals surface area (Å²) in [6.07, 6.45) is 0.0250. The van der Waals surface area contributed by atoms with Crippen LogP contribution in [0.2, 0.25) is 0 Å². The first-order valence-electron chi connectivity index (χ1n) is 5.71. The van der Waals surface area contributed by atoms with E-state index < -0.39 is 22.7 Å². The summed E-state index contributed by atoms with van der Waals surface area (Å²) in [6, 6.07) is 0.221. The fourth-order valence-electron chi connectivity index (χ4n) is 1.88. The van der Waals surface area contributed by atoms with Crippen LogP contribution in [0.4, 0.5) is 13.2 Å². The van der Waals surface area contributed by atoms with Gasteiger partial charge in [-0.2, -0.15) is 13.2 Å². The highest BCUT2D eigenvalue weighted by atomic mass is 32.1. The zero-order chi connectivity index (χ0) is 14.5. The molecule has 1 aliphatic rings. The molecule has 20 heavy (non-hydrogen) atoms. The van der Waals surface area contributed by atoms with Crippen LogP contribution in [0.1, 0.15) is 34.2 Å². The van der Waals surface area contributed by atoms with Gasteiger partial charge in [-0.3, -0.25) is 0 Å². The molecule has 106 valence electrons. The Morgan fingerprint density at radius 1 is 1.45 bits per heavy atom. The van der Waals surface area contributed by atoms with Crippen molar-refractivity contribution in [2.45, 2.75) is 25.1 Å². The molecule has 1 fully saturated rings. The molecule has 0 saturated heterocycles. The van der Waals surface area contributed by atoms with E-state index in [9.17, 15) is 18.0 Å². The van der Waals surface area contributed by atoms with Gasteiger partial charge in [-0.05, 0) is 12.8 Å². The van der Waals surface area contributed by atoms with Gasteiger partial charge in [0.15, 0.2) is 5.69 Å². The number of carboxylic acid groups (broad SMARTS) is 1. The van der Waals surface area contributed by atoms with Crippen molar-refractivity contribution in [2.75, 3.05) is 0 Å². The number of nitrogens with zero attached hydrogens (tertiary/aromatic N) is 3. The maximum Gasteiger partial charge on any atom is 0.435 e. The van der Waals surface area contributed by atoms with E-state index in [1.54, 1.807) is 4.57 Å². The van der Waals surface area contributed by atoms with E-state index in [0.717, 1.165) is 12.8 Å². The minimum absolute atomic E-state index is 0.0270. The van der Waals surface area contributed by atoms with Gasteiger partial charge in [0.25, 0.3) is 0 Å². The molecule has 1 saturated carbocycles. The smallest absolute Gasteiger partial charge is 0.435 e. The number of thiazole rings is 1. The average Bonchev–Trinajstić information content (AvgIpc) is 2.92. The Labute approximate surface area is 114 Å². The first-order chi connectivity index (χ1) is 9.38. The molecule has 3 rings (SSSR count). The summed E-state index contributed by atoms with van der Waals surface area (Å²) in [7, 11) is 0. The third-order valence-electron chi connectivity index (χ3n) is 2.92. The Kier molecular flexibility index (Phi) is 2.82. The molecule has 0 aromatic carbocycles. The van der Waals surface area contributed by atoms with Crippen molar-refractivity contribution in [1.82, 2.24) is 14.5 Å². The van der Waals surface area contributed by atoms with Crippen molar-refractivity contribution >= 4 is 17.3 Å². The molecule has 0 unspecified atom stereocenters. The SMILES string of the molecule is O=C(O)c1sc(-c2cncn2C2CC2)nc1C(F)(F)F. The van der Waals surface area contributed by atoms with E-state index in [1.165, 1.54) is 12.5 Å². The van der Waals surface area contributed by atoms with Crippen LogP contribution in [0.3, 0.4) is 0 Å². The largest absolute Gasteiger partial charge is 0.477 e. The van der Waals surface area contributed by atoms with Crippen molar-refractivity contribution in [2.24, 2.45) is 0 Å². The monoisotopic (exact) mass is 303 g/mol. The van der Waals surface area contributed by atoms with Gasteiger partial charge in [0, 0.05) is 6.04 Å². The van der Waals surface area contributed by atoms with Crippen LogP contribution in [-0.2, 0) is 6.18 Å². The highest BCUT2D eigenvalue weighted by Gasteiger charge is 2.40. The number of aromatic nitrogens is 3. The quantitative estimate of drug-likeness (QED) is 0.946. The number of alkyl halides is 3. The number of hydrogen-bond acceptors (Lipinski definition) is 4. The summed E-state index contributed by atoms with van der Waals surface area (Å²) in [5.41, 5.74) is -0.927. The van der Waals surface area contributed by atoms with Gasteiger partial charge >= 0.3 is 12.1 Å². The van der Waals surface area contributed by atoms with Crippen molar-refractivity contribution in [3.05, 3.63) is 23.1 Å². The Balaban J connectivity index is 2.10. The fourth-order valence-corrected chi connectivity index (χ4v) is 2.82. The van der Waals surface area contributed by atoms with Crippen LogP contribution >= 0.6 is 11.3 Å². The Hall–Kier alpha value is -1.90. The molecule has 0 spiro atoms. The van der Waals surface area contributed by atoms with Crippen molar-refractivity contribution in [3.8, 4) is 10.7 Å². The molecule has 1 N–H and O–H groups in total. The predicted octanol–water partition coefficient (Wildman–Crippen LogP) is 3.06. The van der Waals surface area contributed by atoms with Gasteiger partial charge in [0.2, 0.25) is 0 Å². The summed E-state index contributed by atoms with van der Waals surface area (Å²) in [6.45, 7) is 0. The number of rotatable bonds is 3. The highest BCUT2D eigenvalue weighted by molar-refractivity contribution is 7.17. The van der Waals surface area contributed by atoms with Crippen LogP contribution < -0.4 is 0 Å². The lowest BCUT2D eigenvalue weighted by molar-refractivity contribution is -0.141. The number of carboxylic acids is 1. The van der Waals surface area contributed by atoms with Crippen LogP contribution in [0, 0.1) is 0 Å². The first-order valence-corrected chi connectivity index (χ1v) is 6.53. The number of halogens is 3. The van der Waals surface area contributed by atoms with Crippen molar-refractivity contribution < 1.29 is 23.1 Å². The summed E-state index contributed by atoms with van der Waals surface area (Å²) in [5, 5.41) is 8.91. The molecule has 1 aliphatic carbocycles. The van der Waals surface area contributed by atoms with Gasteiger partial charge < -0.3 is 9.67 Å². The van der Waals surface area contributed by atoms with E-state index in [4.69, 9.17) is 5.11 Å². The molecule has 2 heterocycles. The van der Waals surface area contributed by atoms with E-state index in [0.29, 0.717) is 17.0 Å². The number of hydrogen-bond donors (Lipinski definition) is 1. The average molecular weight is 303 g/mol. The normalized spacial score (nSPS) is 15.6. The van der Waals surface area contributed by atoms with E-state index >= 15 is 0 Å². The van der Waals surface area contributed by atoms with Crippen LogP contribution in [-0.4, -0.2) is 25.6 Å². The lowest BCUT2D eigenvalue weighted by Crippen LogP contribution is -2.11. The molecule has 0 bridgehead atoms. The van der Waals surface area contributed by atoms with Crippen LogP contribution in [0.25, 0.3) is 10.7 Å².